The molecule has 1 aromatic heterocycles. The Bertz CT molecular complexity index is 592. The van der Waals surface area contributed by atoms with E-state index in [9.17, 15) is 4.39 Å². The van der Waals surface area contributed by atoms with Crippen molar-refractivity contribution in [2.45, 2.75) is 38.5 Å². The highest BCUT2D eigenvalue weighted by Gasteiger charge is 2.21. The number of halogens is 1. The first-order chi connectivity index (χ1) is 10.2. The summed E-state index contributed by atoms with van der Waals surface area (Å²) in [7, 11) is 1.98. The summed E-state index contributed by atoms with van der Waals surface area (Å²) in [6.45, 7) is 2.11. The van der Waals surface area contributed by atoms with Gasteiger partial charge in [0.15, 0.2) is 0 Å². The predicted octanol–water partition coefficient (Wildman–Crippen LogP) is 3.30. The second-order valence-corrected chi connectivity index (χ2v) is 5.79. The molecule has 0 atom stereocenters. The van der Waals surface area contributed by atoms with Gasteiger partial charge in [0.2, 0.25) is 0 Å². The fourth-order valence-corrected chi connectivity index (χ4v) is 2.42. The molecule has 1 heterocycles. The third-order valence-corrected chi connectivity index (χ3v) is 3.81. The minimum atomic E-state index is -0.153. The van der Waals surface area contributed by atoms with Crippen molar-refractivity contribution >= 4 is 0 Å². The van der Waals surface area contributed by atoms with Crippen molar-refractivity contribution < 1.29 is 8.81 Å². The number of hydrogen-bond acceptors (Lipinski definition) is 3. The summed E-state index contributed by atoms with van der Waals surface area (Å²) >= 11 is 0. The maximum absolute atomic E-state index is 13.7. The Balaban J connectivity index is 1.58. The van der Waals surface area contributed by atoms with Crippen molar-refractivity contribution in [1.82, 2.24) is 10.2 Å². The first kappa shape index (κ1) is 14.3. The zero-order chi connectivity index (χ0) is 14.7. The van der Waals surface area contributed by atoms with Crippen molar-refractivity contribution in [3.63, 3.8) is 0 Å². The standard InChI is InChI=1S/C17H21FN2O/c1-20(11-14-4-2-3-5-16(14)18)12-17-13(8-9-21-17)10-19-15-6-7-15/h2-5,8-9,15,19H,6-7,10-12H2,1H3. The molecule has 0 aliphatic heterocycles. The minimum absolute atomic E-state index is 0.153. The molecule has 1 saturated carbocycles. The van der Waals surface area contributed by atoms with E-state index in [2.05, 4.69) is 10.2 Å². The third-order valence-electron chi connectivity index (χ3n) is 3.81. The van der Waals surface area contributed by atoms with Crippen LogP contribution in [0.25, 0.3) is 0 Å². The molecule has 0 unspecified atom stereocenters. The van der Waals surface area contributed by atoms with E-state index in [4.69, 9.17) is 4.42 Å². The quantitative estimate of drug-likeness (QED) is 0.847. The lowest BCUT2D eigenvalue weighted by molar-refractivity contribution is 0.282. The summed E-state index contributed by atoms with van der Waals surface area (Å²) in [5.74, 6) is 0.807. The van der Waals surface area contributed by atoms with Gasteiger partial charge in [0.25, 0.3) is 0 Å². The van der Waals surface area contributed by atoms with Crippen molar-refractivity contribution in [3.05, 3.63) is 59.3 Å². The van der Waals surface area contributed by atoms with Crippen molar-refractivity contribution in [2.24, 2.45) is 0 Å². The van der Waals surface area contributed by atoms with Crippen LogP contribution in [0.4, 0.5) is 4.39 Å². The van der Waals surface area contributed by atoms with Gasteiger partial charge in [-0.2, -0.15) is 0 Å². The lowest BCUT2D eigenvalue weighted by Crippen LogP contribution is -2.20. The average molecular weight is 288 g/mol. The second kappa shape index (κ2) is 6.41. The highest BCUT2D eigenvalue weighted by Crippen LogP contribution is 2.21. The Morgan fingerprint density at radius 3 is 2.76 bits per heavy atom. The van der Waals surface area contributed by atoms with Gasteiger partial charge >= 0.3 is 0 Å². The molecule has 1 aliphatic carbocycles. The molecule has 112 valence electrons. The van der Waals surface area contributed by atoms with Gasteiger partial charge in [-0.15, -0.1) is 0 Å². The van der Waals surface area contributed by atoms with E-state index < -0.39 is 0 Å². The van der Waals surface area contributed by atoms with Crippen LogP contribution < -0.4 is 5.32 Å². The Kier molecular flexibility index (Phi) is 4.36. The fourth-order valence-electron chi connectivity index (χ4n) is 2.42. The largest absolute Gasteiger partial charge is 0.468 e. The zero-order valence-electron chi connectivity index (χ0n) is 12.3. The van der Waals surface area contributed by atoms with E-state index in [1.165, 1.54) is 24.5 Å². The van der Waals surface area contributed by atoms with E-state index in [0.717, 1.165) is 12.3 Å². The van der Waals surface area contributed by atoms with E-state index >= 15 is 0 Å². The molecule has 21 heavy (non-hydrogen) atoms. The number of nitrogens with one attached hydrogen (secondary N) is 1. The Morgan fingerprint density at radius 1 is 1.19 bits per heavy atom. The second-order valence-electron chi connectivity index (χ2n) is 5.79. The molecule has 0 radical (unpaired) electrons. The molecule has 3 rings (SSSR count). The first-order valence-electron chi connectivity index (χ1n) is 7.43. The van der Waals surface area contributed by atoms with Crippen molar-refractivity contribution in [1.29, 1.82) is 0 Å². The third kappa shape index (κ3) is 3.93. The Labute approximate surface area is 124 Å². The number of hydrogen-bond donors (Lipinski definition) is 1. The molecule has 0 amide bonds. The van der Waals surface area contributed by atoms with Crippen LogP contribution in [-0.4, -0.2) is 18.0 Å². The summed E-state index contributed by atoms with van der Waals surface area (Å²) in [5, 5.41) is 3.49. The molecule has 4 heteroatoms. The lowest BCUT2D eigenvalue weighted by Gasteiger charge is -2.16. The molecule has 3 nitrogen and oxygen atoms in total. The van der Waals surface area contributed by atoms with Gasteiger partial charge in [0, 0.05) is 30.3 Å². The monoisotopic (exact) mass is 288 g/mol. The molecular weight excluding hydrogens is 267 g/mol. The van der Waals surface area contributed by atoms with Crippen LogP contribution in [0.15, 0.2) is 41.0 Å². The number of nitrogens with zero attached hydrogens (tertiary/aromatic N) is 1. The molecule has 1 aliphatic rings. The molecule has 2 aromatic rings. The van der Waals surface area contributed by atoms with Gasteiger partial charge in [-0.25, -0.2) is 4.39 Å². The van der Waals surface area contributed by atoms with E-state index in [0.29, 0.717) is 24.7 Å². The van der Waals surface area contributed by atoms with Gasteiger partial charge in [0.1, 0.15) is 11.6 Å². The molecule has 0 bridgehead atoms. The molecule has 1 N–H and O–H groups in total. The molecule has 1 fully saturated rings. The van der Waals surface area contributed by atoms with E-state index in [-0.39, 0.29) is 5.82 Å². The van der Waals surface area contributed by atoms with Gasteiger partial charge in [-0.3, -0.25) is 4.90 Å². The highest BCUT2D eigenvalue weighted by atomic mass is 19.1. The summed E-state index contributed by atoms with van der Waals surface area (Å²) in [5.41, 5.74) is 1.91. The van der Waals surface area contributed by atoms with Crippen LogP contribution in [0.5, 0.6) is 0 Å². The SMILES string of the molecule is CN(Cc1ccccc1F)Cc1occc1CNC1CC1. The summed E-state index contributed by atoms with van der Waals surface area (Å²) in [4.78, 5) is 2.07. The van der Waals surface area contributed by atoms with Gasteiger partial charge in [0.05, 0.1) is 12.8 Å². The summed E-state index contributed by atoms with van der Waals surface area (Å²) in [6.07, 6.45) is 4.29. The Hall–Kier alpha value is -1.65. The van der Waals surface area contributed by atoms with Gasteiger partial charge in [-0.05, 0) is 32.0 Å². The van der Waals surface area contributed by atoms with E-state index in [1.54, 1.807) is 12.3 Å². The van der Waals surface area contributed by atoms with Crippen LogP contribution in [0.3, 0.4) is 0 Å². The van der Waals surface area contributed by atoms with Crippen LogP contribution in [0, 0.1) is 5.82 Å². The molecule has 0 spiro atoms. The highest BCUT2D eigenvalue weighted by molar-refractivity contribution is 5.19. The Morgan fingerprint density at radius 2 is 2.00 bits per heavy atom. The van der Waals surface area contributed by atoms with Crippen LogP contribution >= 0.6 is 0 Å². The smallest absolute Gasteiger partial charge is 0.127 e. The lowest BCUT2D eigenvalue weighted by atomic mass is 10.2. The molecule has 1 aromatic carbocycles. The maximum Gasteiger partial charge on any atom is 0.127 e. The fraction of sp³-hybridized carbons (Fsp3) is 0.412. The number of benzene rings is 1. The van der Waals surface area contributed by atoms with Gasteiger partial charge < -0.3 is 9.73 Å². The van der Waals surface area contributed by atoms with Crippen LogP contribution in [-0.2, 0) is 19.6 Å². The summed E-state index contributed by atoms with van der Waals surface area (Å²) in [6, 6.07) is 9.60. The average Bonchev–Trinajstić information content (AvgIpc) is 3.20. The summed E-state index contributed by atoms with van der Waals surface area (Å²) < 4.78 is 19.2. The molecule has 0 saturated heterocycles. The normalized spacial score (nSPS) is 14.8. The minimum Gasteiger partial charge on any atom is -0.468 e. The number of furan rings is 1. The predicted molar refractivity (Wildman–Crippen MR) is 80.1 cm³/mol. The maximum atomic E-state index is 13.7. The van der Waals surface area contributed by atoms with E-state index in [1.807, 2.05) is 25.2 Å². The number of rotatable bonds is 7. The van der Waals surface area contributed by atoms with Gasteiger partial charge in [-0.1, -0.05) is 18.2 Å². The van der Waals surface area contributed by atoms with Crippen LogP contribution in [0.2, 0.25) is 0 Å². The molecular formula is C17H21FN2O. The first-order valence-corrected chi connectivity index (χ1v) is 7.43. The van der Waals surface area contributed by atoms with Crippen molar-refractivity contribution in [3.8, 4) is 0 Å². The zero-order valence-corrected chi connectivity index (χ0v) is 12.3. The van der Waals surface area contributed by atoms with Crippen LogP contribution in [0.1, 0.15) is 29.7 Å². The topological polar surface area (TPSA) is 28.4 Å². The van der Waals surface area contributed by atoms with Crippen molar-refractivity contribution in [2.75, 3.05) is 7.05 Å².